The van der Waals surface area contributed by atoms with Crippen molar-refractivity contribution in [2.24, 2.45) is 0 Å². The molecular weight excluding hydrogens is 279 g/mol. The van der Waals surface area contributed by atoms with E-state index in [1.807, 2.05) is 18.2 Å². The van der Waals surface area contributed by atoms with Crippen LogP contribution in [0.5, 0.6) is 11.5 Å². The van der Waals surface area contributed by atoms with Crippen LogP contribution in [0.3, 0.4) is 0 Å². The summed E-state index contributed by atoms with van der Waals surface area (Å²) in [6.07, 6.45) is 0.814. The van der Waals surface area contributed by atoms with Crippen LogP contribution in [0.15, 0.2) is 42.5 Å². The lowest BCUT2D eigenvalue weighted by atomic mass is 10.1. The van der Waals surface area contributed by atoms with Crippen LogP contribution in [0.25, 0.3) is 0 Å². The van der Waals surface area contributed by atoms with Crippen LogP contribution in [0.2, 0.25) is 0 Å². The first-order valence-corrected chi connectivity index (χ1v) is 7.01. The highest BCUT2D eigenvalue weighted by atomic mass is 35.5. The van der Waals surface area contributed by atoms with E-state index in [1.54, 1.807) is 6.07 Å². The Morgan fingerprint density at radius 2 is 2.10 bits per heavy atom. The van der Waals surface area contributed by atoms with Gasteiger partial charge in [-0.15, -0.1) is 11.6 Å². The van der Waals surface area contributed by atoms with Crippen molar-refractivity contribution in [2.75, 3.05) is 6.61 Å². The van der Waals surface area contributed by atoms with Gasteiger partial charge in [0.2, 0.25) is 0 Å². The number of hydrogen-bond acceptors (Lipinski definition) is 2. The molecule has 0 bridgehead atoms. The number of rotatable bonds is 4. The number of alkyl halides is 1. The molecule has 2 nitrogen and oxygen atoms in total. The van der Waals surface area contributed by atoms with Crippen LogP contribution < -0.4 is 9.47 Å². The Hall–Kier alpha value is -1.74. The Bertz CT molecular complexity index is 590. The van der Waals surface area contributed by atoms with Crippen LogP contribution in [0.4, 0.5) is 4.39 Å². The van der Waals surface area contributed by atoms with E-state index >= 15 is 0 Å². The first-order valence-electron chi connectivity index (χ1n) is 6.48. The maximum Gasteiger partial charge on any atom is 0.137 e. The molecule has 1 atom stereocenters. The third kappa shape index (κ3) is 2.73. The monoisotopic (exact) mass is 292 g/mol. The predicted molar refractivity (Wildman–Crippen MR) is 76.0 cm³/mol. The van der Waals surface area contributed by atoms with Crippen molar-refractivity contribution < 1.29 is 13.9 Å². The van der Waals surface area contributed by atoms with Gasteiger partial charge >= 0.3 is 0 Å². The summed E-state index contributed by atoms with van der Waals surface area (Å²) in [7, 11) is 0. The summed E-state index contributed by atoms with van der Waals surface area (Å²) in [5.74, 6) is 1.44. The summed E-state index contributed by atoms with van der Waals surface area (Å²) in [4.78, 5) is 0. The summed E-state index contributed by atoms with van der Waals surface area (Å²) in [5.41, 5.74) is 1.85. The Morgan fingerprint density at radius 3 is 2.90 bits per heavy atom. The molecule has 3 rings (SSSR count). The molecule has 1 unspecified atom stereocenters. The van der Waals surface area contributed by atoms with Crippen LogP contribution >= 0.6 is 11.6 Å². The van der Waals surface area contributed by atoms with Crippen molar-refractivity contribution in [3.8, 4) is 11.5 Å². The first-order chi connectivity index (χ1) is 9.76. The number of halogens is 2. The van der Waals surface area contributed by atoms with Crippen molar-refractivity contribution in [1.82, 2.24) is 0 Å². The first kappa shape index (κ1) is 13.3. The van der Waals surface area contributed by atoms with E-state index in [1.165, 1.54) is 17.7 Å². The molecule has 2 aromatic rings. The largest absolute Gasteiger partial charge is 0.489 e. The molecule has 0 amide bonds. The van der Waals surface area contributed by atoms with E-state index in [-0.39, 0.29) is 17.8 Å². The van der Waals surface area contributed by atoms with Crippen LogP contribution in [-0.4, -0.2) is 12.7 Å². The second-order valence-electron chi connectivity index (χ2n) is 4.75. The van der Waals surface area contributed by atoms with Crippen molar-refractivity contribution in [3.05, 3.63) is 59.4 Å². The van der Waals surface area contributed by atoms with Crippen LogP contribution in [0.1, 0.15) is 11.1 Å². The van der Waals surface area contributed by atoms with Gasteiger partial charge in [-0.25, -0.2) is 4.39 Å². The standard InChI is InChI=1S/C16H14ClFO2/c17-9-12-7-13(18)5-6-15(12)19-10-14-8-11-3-1-2-4-16(11)20-14/h1-7,14H,8-10H2. The lowest BCUT2D eigenvalue weighted by molar-refractivity contribution is 0.148. The molecule has 1 heterocycles. The molecule has 0 saturated heterocycles. The highest BCUT2D eigenvalue weighted by Crippen LogP contribution is 2.29. The molecule has 0 aromatic heterocycles. The minimum Gasteiger partial charge on any atom is -0.489 e. The zero-order valence-electron chi connectivity index (χ0n) is 10.8. The fraction of sp³-hybridized carbons (Fsp3) is 0.250. The maximum absolute atomic E-state index is 13.1. The van der Waals surface area contributed by atoms with E-state index in [0.29, 0.717) is 17.9 Å². The van der Waals surface area contributed by atoms with Crippen molar-refractivity contribution >= 4 is 11.6 Å². The molecule has 20 heavy (non-hydrogen) atoms. The van der Waals surface area contributed by atoms with Gasteiger partial charge in [-0.3, -0.25) is 0 Å². The molecule has 104 valence electrons. The van der Waals surface area contributed by atoms with Crippen molar-refractivity contribution in [1.29, 1.82) is 0 Å². The van der Waals surface area contributed by atoms with Gasteiger partial charge in [0.15, 0.2) is 0 Å². The van der Waals surface area contributed by atoms with E-state index in [9.17, 15) is 4.39 Å². The highest BCUT2D eigenvalue weighted by Gasteiger charge is 2.23. The molecule has 1 aliphatic rings. The van der Waals surface area contributed by atoms with Crippen molar-refractivity contribution in [2.45, 2.75) is 18.4 Å². The Labute approximate surface area is 122 Å². The number of fused-ring (bicyclic) bond motifs is 1. The second-order valence-corrected chi connectivity index (χ2v) is 5.02. The smallest absolute Gasteiger partial charge is 0.137 e. The van der Waals surface area contributed by atoms with Crippen LogP contribution in [0, 0.1) is 5.82 Å². The summed E-state index contributed by atoms with van der Waals surface area (Å²) < 4.78 is 24.6. The highest BCUT2D eigenvalue weighted by molar-refractivity contribution is 6.17. The van der Waals surface area contributed by atoms with Crippen molar-refractivity contribution in [3.63, 3.8) is 0 Å². The summed E-state index contributed by atoms with van der Waals surface area (Å²) in [6.45, 7) is 0.421. The molecule has 1 aliphatic heterocycles. The van der Waals surface area contributed by atoms with Gasteiger partial charge in [-0.05, 0) is 29.8 Å². The zero-order valence-corrected chi connectivity index (χ0v) is 11.6. The van der Waals surface area contributed by atoms with Gasteiger partial charge in [0, 0.05) is 12.0 Å². The summed E-state index contributed by atoms with van der Waals surface area (Å²) in [5, 5.41) is 0. The fourth-order valence-corrected chi connectivity index (χ4v) is 2.53. The average Bonchev–Trinajstić information content (AvgIpc) is 2.88. The van der Waals surface area contributed by atoms with Gasteiger partial charge in [0.1, 0.15) is 30.0 Å². The minimum atomic E-state index is -0.308. The van der Waals surface area contributed by atoms with Gasteiger partial charge in [0.25, 0.3) is 0 Å². The van der Waals surface area contributed by atoms with Gasteiger partial charge < -0.3 is 9.47 Å². The van der Waals surface area contributed by atoms with E-state index < -0.39 is 0 Å². The molecule has 0 fully saturated rings. The topological polar surface area (TPSA) is 18.5 Å². The lowest BCUT2D eigenvalue weighted by Gasteiger charge is -2.14. The summed E-state index contributed by atoms with van der Waals surface area (Å²) in [6, 6.07) is 12.3. The predicted octanol–water partition coefficient (Wildman–Crippen LogP) is 3.95. The molecule has 0 N–H and O–H groups in total. The normalized spacial score (nSPS) is 16.6. The van der Waals surface area contributed by atoms with Gasteiger partial charge in [0.05, 0.1) is 5.88 Å². The van der Waals surface area contributed by atoms with E-state index in [2.05, 4.69) is 6.07 Å². The molecule has 0 saturated carbocycles. The Kier molecular flexibility index (Phi) is 3.79. The molecule has 0 spiro atoms. The Balaban J connectivity index is 1.64. The molecule has 0 radical (unpaired) electrons. The zero-order chi connectivity index (χ0) is 13.9. The third-order valence-electron chi connectivity index (χ3n) is 3.31. The summed E-state index contributed by atoms with van der Waals surface area (Å²) >= 11 is 5.79. The molecule has 0 aliphatic carbocycles. The number of ether oxygens (including phenoxy) is 2. The molecule has 4 heteroatoms. The quantitative estimate of drug-likeness (QED) is 0.795. The maximum atomic E-state index is 13.1. The van der Waals surface area contributed by atoms with Crippen LogP contribution in [-0.2, 0) is 12.3 Å². The average molecular weight is 293 g/mol. The van der Waals surface area contributed by atoms with E-state index in [0.717, 1.165) is 12.2 Å². The number of para-hydroxylation sites is 1. The number of benzene rings is 2. The van der Waals surface area contributed by atoms with E-state index in [4.69, 9.17) is 21.1 Å². The third-order valence-corrected chi connectivity index (χ3v) is 3.59. The van der Waals surface area contributed by atoms with Gasteiger partial charge in [-0.2, -0.15) is 0 Å². The minimum absolute atomic E-state index is 0.0133. The number of hydrogen-bond donors (Lipinski definition) is 0. The molecular formula is C16H14ClFO2. The SMILES string of the molecule is Fc1ccc(OCC2Cc3ccccc3O2)c(CCl)c1. The second kappa shape index (κ2) is 5.71. The lowest BCUT2D eigenvalue weighted by Crippen LogP contribution is -2.22. The fourth-order valence-electron chi connectivity index (χ4n) is 2.32. The Morgan fingerprint density at radius 1 is 1.25 bits per heavy atom. The van der Waals surface area contributed by atoms with Gasteiger partial charge in [-0.1, -0.05) is 18.2 Å². The molecule has 2 aromatic carbocycles.